The molecule has 21 heavy (non-hydrogen) atoms. The Balaban J connectivity index is 1.76. The largest absolute Gasteiger partial charge is 0.331 e. The van der Waals surface area contributed by atoms with Gasteiger partial charge in [-0.3, -0.25) is 0 Å². The molecule has 2 rings (SSSR count). The summed E-state index contributed by atoms with van der Waals surface area (Å²) in [5.74, 6) is 0.819. The van der Waals surface area contributed by atoms with Crippen LogP contribution >= 0.6 is 0 Å². The van der Waals surface area contributed by atoms with E-state index in [0.717, 1.165) is 30.9 Å². The lowest BCUT2D eigenvalue weighted by molar-refractivity contribution is 0.380. The summed E-state index contributed by atoms with van der Waals surface area (Å²) >= 11 is 0. The van der Waals surface area contributed by atoms with E-state index in [-0.39, 0.29) is 0 Å². The van der Waals surface area contributed by atoms with Crippen molar-refractivity contribution < 1.29 is 0 Å². The Kier molecular flexibility index (Phi) is 6.24. The maximum Gasteiger partial charge on any atom is 0.0958 e. The lowest BCUT2D eigenvalue weighted by atomic mass is 9.98. The number of hydrogen-bond donors (Lipinski definition) is 1. The van der Waals surface area contributed by atoms with Gasteiger partial charge in [0.2, 0.25) is 0 Å². The first-order valence-electron chi connectivity index (χ1n) is 8.37. The number of nitrogens with zero attached hydrogens (tertiary/aromatic N) is 2. The summed E-state index contributed by atoms with van der Waals surface area (Å²) in [5, 5.41) is 3.71. The fourth-order valence-corrected chi connectivity index (χ4v) is 2.79. The van der Waals surface area contributed by atoms with Gasteiger partial charge in [0, 0.05) is 12.6 Å². The van der Waals surface area contributed by atoms with Crippen molar-refractivity contribution in [3.8, 4) is 0 Å². The van der Waals surface area contributed by atoms with Crippen molar-refractivity contribution in [2.24, 2.45) is 5.92 Å². The van der Waals surface area contributed by atoms with E-state index in [9.17, 15) is 0 Å². The van der Waals surface area contributed by atoms with Crippen LogP contribution in [0.5, 0.6) is 0 Å². The highest BCUT2D eigenvalue weighted by Gasteiger charge is 2.09. The molecule has 1 aromatic heterocycles. The number of para-hydroxylation sites is 2. The maximum absolute atomic E-state index is 4.44. The van der Waals surface area contributed by atoms with E-state index < -0.39 is 0 Å². The molecule has 3 heteroatoms. The summed E-state index contributed by atoms with van der Waals surface area (Å²) in [5.41, 5.74) is 2.33. The predicted octanol–water partition coefficient (Wildman–Crippen LogP) is 4.23. The molecule has 0 radical (unpaired) electrons. The number of rotatable bonds is 9. The third kappa shape index (κ3) is 4.57. The molecule has 1 heterocycles. The third-order valence-electron chi connectivity index (χ3n) is 4.41. The third-order valence-corrected chi connectivity index (χ3v) is 4.41. The van der Waals surface area contributed by atoms with Crippen LogP contribution in [-0.4, -0.2) is 22.1 Å². The summed E-state index contributed by atoms with van der Waals surface area (Å²) in [6.45, 7) is 9.03. The molecule has 2 unspecified atom stereocenters. The molecule has 0 spiro atoms. The Morgan fingerprint density at radius 2 is 2.00 bits per heavy atom. The van der Waals surface area contributed by atoms with Crippen LogP contribution in [0.3, 0.4) is 0 Å². The summed E-state index contributed by atoms with van der Waals surface area (Å²) in [4.78, 5) is 4.44. The number of imidazole rings is 1. The Morgan fingerprint density at radius 1 is 1.19 bits per heavy atom. The quantitative estimate of drug-likeness (QED) is 0.699. The van der Waals surface area contributed by atoms with Crippen LogP contribution in [0.1, 0.15) is 46.5 Å². The minimum Gasteiger partial charge on any atom is -0.331 e. The average molecular weight is 287 g/mol. The molecule has 1 aromatic carbocycles. The van der Waals surface area contributed by atoms with E-state index in [1.165, 1.54) is 24.8 Å². The van der Waals surface area contributed by atoms with Gasteiger partial charge >= 0.3 is 0 Å². The van der Waals surface area contributed by atoms with Gasteiger partial charge in [0.1, 0.15) is 0 Å². The first-order chi connectivity index (χ1) is 10.2. The Morgan fingerprint density at radius 3 is 2.76 bits per heavy atom. The fourth-order valence-electron chi connectivity index (χ4n) is 2.79. The minimum absolute atomic E-state index is 0.666. The molecule has 0 bridgehead atoms. The zero-order valence-corrected chi connectivity index (χ0v) is 13.7. The standard InChI is InChI=1S/C18H29N3/c1-4-15(3)13-16(5-2)19-11-8-12-21-14-20-17-9-6-7-10-18(17)21/h6-7,9-10,14-16,19H,4-5,8,11-13H2,1-3H3. The molecule has 1 N–H and O–H groups in total. The average Bonchev–Trinajstić information content (AvgIpc) is 2.93. The van der Waals surface area contributed by atoms with E-state index >= 15 is 0 Å². The lowest BCUT2D eigenvalue weighted by Gasteiger charge is -2.20. The van der Waals surface area contributed by atoms with Crippen LogP contribution in [0.15, 0.2) is 30.6 Å². The highest BCUT2D eigenvalue weighted by molar-refractivity contribution is 5.74. The first kappa shape index (κ1) is 16.0. The van der Waals surface area contributed by atoms with E-state index in [2.05, 4.69) is 53.8 Å². The molecule has 2 aromatic rings. The van der Waals surface area contributed by atoms with Gasteiger partial charge in [-0.15, -0.1) is 0 Å². The Bertz CT molecular complexity index is 532. The molecule has 0 fully saturated rings. The van der Waals surface area contributed by atoms with Crippen molar-refractivity contribution in [2.75, 3.05) is 6.54 Å². The monoisotopic (exact) mass is 287 g/mol. The van der Waals surface area contributed by atoms with Gasteiger partial charge in [-0.2, -0.15) is 0 Å². The van der Waals surface area contributed by atoms with Crippen molar-refractivity contribution in [3.05, 3.63) is 30.6 Å². The normalized spacial score (nSPS) is 14.4. The molecule has 0 aliphatic heterocycles. The highest BCUT2D eigenvalue weighted by Crippen LogP contribution is 2.13. The fraction of sp³-hybridized carbons (Fsp3) is 0.611. The first-order valence-corrected chi connectivity index (χ1v) is 8.37. The summed E-state index contributed by atoms with van der Waals surface area (Å²) < 4.78 is 2.26. The van der Waals surface area contributed by atoms with Crippen LogP contribution in [0.25, 0.3) is 11.0 Å². The van der Waals surface area contributed by atoms with Crippen molar-refractivity contribution in [1.29, 1.82) is 0 Å². The lowest BCUT2D eigenvalue weighted by Crippen LogP contribution is -2.31. The van der Waals surface area contributed by atoms with Gasteiger partial charge in [0.25, 0.3) is 0 Å². The van der Waals surface area contributed by atoms with Crippen LogP contribution in [-0.2, 0) is 6.54 Å². The van der Waals surface area contributed by atoms with Gasteiger partial charge < -0.3 is 9.88 Å². The second kappa shape index (κ2) is 8.18. The molecule has 0 saturated heterocycles. The van der Waals surface area contributed by atoms with Crippen molar-refractivity contribution in [2.45, 2.75) is 59.0 Å². The predicted molar refractivity (Wildman–Crippen MR) is 90.5 cm³/mol. The topological polar surface area (TPSA) is 29.9 Å². The van der Waals surface area contributed by atoms with Crippen LogP contribution < -0.4 is 5.32 Å². The molecule has 116 valence electrons. The molecule has 0 saturated carbocycles. The number of fused-ring (bicyclic) bond motifs is 1. The number of aromatic nitrogens is 2. The number of nitrogens with one attached hydrogen (secondary N) is 1. The van der Waals surface area contributed by atoms with Crippen LogP contribution in [0.4, 0.5) is 0 Å². The molecule has 2 atom stereocenters. The van der Waals surface area contributed by atoms with E-state index in [4.69, 9.17) is 0 Å². The van der Waals surface area contributed by atoms with Gasteiger partial charge in [0.05, 0.1) is 17.4 Å². The molecular weight excluding hydrogens is 258 g/mol. The molecule has 0 aliphatic carbocycles. The van der Waals surface area contributed by atoms with Gasteiger partial charge in [0.15, 0.2) is 0 Å². The SMILES string of the molecule is CCC(C)CC(CC)NCCCn1cnc2ccccc21. The van der Waals surface area contributed by atoms with Crippen molar-refractivity contribution in [3.63, 3.8) is 0 Å². The molecule has 0 amide bonds. The highest BCUT2D eigenvalue weighted by atomic mass is 15.0. The maximum atomic E-state index is 4.44. The summed E-state index contributed by atoms with van der Waals surface area (Å²) in [6, 6.07) is 9.01. The number of hydrogen-bond acceptors (Lipinski definition) is 2. The zero-order valence-electron chi connectivity index (χ0n) is 13.7. The van der Waals surface area contributed by atoms with E-state index in [0.29, 0.717) is 6.04 Å². The van der Waals surface area contributed by atoms with Crippen molar-refractivity contribution >= 4 is 11.0 Å². The van der Waals surface area contributed by atoms with Gasteiger partial charge in [-0.05, 0) is 43.9 Å². The van der Waals surface area contributed by atoms with Crippen LogP contribution in [0.2, 0.25) is 0 Å². The zero-order chi connectivity index (χ0) is 15.1. The van der Waals surface area contributed by atoms with Gasteiger partial charge in [-0.1, -0.05) is 39.3 Å². The minimum atomic E-state index is 0.666. The molecule has 0 aliphatic rings. The summed E-state index contributed by atoms with van der Waals surface area (Å²) in [6.07, 6.45) is 6.90. The number of benzene rings is 1. The number of aryl methyl sites for hydroxylation is 1. The Hall–Kier alpha value is -1.35. The smallest absolute Gasteiger partial charge is 0.0958 e. The van der Waals surface area contributed by atoms with Crippen molar-refractivity contribution in [1.82, 2.24) is 14.9 Å². The molecule has 3 nitrogen and oxygen atoms in total. The van der Waals surface area contributed by atoms with E-state index in [1.54, 1.807) is 0 Å². The second-order valence-electron chi connectivity index (χ2n) is 6.09. The second-order valence-corrected chi connectivity index (χ2v) is 6.09. The van der Waals surface area contributed by atoms with Gasteiger partial charge in [-0.25, -0.2) is 4.98 Å². The van der Waals surface area contributed by atoms with Crippen LogP contribution in [0, 0.1) is 5.92 Å². The van der Waals surface area contributed by atoms with E-state index in [1.807, 2.05) is 12.4 Å². The summed E-state index contributed by atoms with van der Waals surface area (Å²) in [7, 11) is 0. The Labute approximate surface area is 128 Å². The molecular formula is C18H29N3.